The van der Waals surface area contributed by atoms with Gasteiger partial charge in [0.05, 0.1) is 4.90 Å². The molecule has 7 nitrogen and oxygen atoms in total. The van der Waals surface area contributed by atoms with Gasteiger partial charge in [0.15, 0.2) is 0 Å². The molecule has 0 atom stereocenters. The fraction of sp³-hybridized carbons (Fsp3) is 0.167. The molecular weight excluding hydrogens is 358 g/mol. The summed E-state index contributed by atoms with van der Waals surface area (Å²) in [5.74, 6) is -1.25. The Morgan fingerprint density at radius 1 is 1.15 bits per heavy atom. The van der Waals surface area contributed by atoms with Gasteiger partial charge in [-0.2, -0.15) is 0 Å². The van der Waals surface area contributed by atoms with Gasteiger partial charge in [-0.15, -0.1) is 0 Å². The first kappa shape index (κ1) is 18.0. The standard InChI is InChI=1S/C18H17NO6S/c1-11-15-10-14(6-7-16(15)25-17(11)18(21)22)26(23,24)19-9-8-12-2-4-13(20)5-3-12/h2-7,10,19-20H,8-9H2,1H3,(H,21,22). The van der Waals surface area contributed by atoms with E-state index in [1.54, 1.807) is 31.2 Å². The molecule has 0 spiro atoms. The summed E-state index contributed by atoms with van der Waals surface area (Å²) in [6.45, 7) is 1.76. The van der Waals surface area contributed by atoms with Gasteiger partial charge in [0.25, 0.3) is 0 Å². The summed E-state index contributed by atoms with van der Waals surface area (Å²) >= 11 is 0. The number of phenols is 1. The number of carboxylic acid groups (broad SMARTS) is 1. The quantitative estimate of drug-likeness (QED) is 0.610. The predicted molar refractivity (Wildman–Crippen MR) is 94.9 cm³/mol. The third kappa shape index (κ3) is 3.56. The largest absolute Gasteiger partial charge is 0.508 e. The molecule has 136 valence electrons. The fourth-order valence-corrected chi connectivity index (χ4v) is 3.70. The summed E-state index contributed by atoms with van der Waals surface area (Å²) in [5, 5.41) is 18.8. The molecule has 0 aliphatic rings. The number of furan rings is 1. The van der Waals surface area contributed by atoms with Gasteiger partial charge in [-0.05, 0) is 49.2 Å². The van der Waals surface area contributed by atoms with Gasteiger partial charge in [0.2, 0.25) is 15.8 Å². The van der Waals surface area contributed by atoms with Gasteiger partial charge >= 0.3 is 5.97 Å². The topological polar surface area (TPSA) is 117 Å². The molecule has 0 fully saturated rings. The number of carboxylic acids is 1. The molecule has 0 aliphatic carbocycles. The first-order valence-electron chi connectivity index (χ1n) is 7.82. The molecular formula is C18H17NO6S. The van der Waals surface area contributed by atoms with Crippen molar-refractivity contribution in [3.8, 4) is 5.75 Å². The van der Waals surface area contributed by atoms with Crippen LogP contribution in [0.3, 0.4) is 0 Å². The Bertz CT molecular complexity index is 1070. The molecule has 0 amide bonds. The summed E-state index contributed by atoms with van der Waals surface area (Å²) in [4.78, 5) is 11.2. The van der Waals surface area contributed by atoms with E-state index in [1.165, 1.54) is 18.2 Å². The number of phenolic OH excluding ortho intramolecular Hbond substituents is 1. The molecule has 26 heavy (non-hydrogen) atoms. The molecule has 0 radical (unpaired) electrons. The third-order valence-corrected chi connectivity index (χ3v) is 5.51. The molecule has 1 aromatic heterocycles. The minimum atomic E-state index is -3.75. The fourth-order valence-electron chi connectivity index (χ4n) is 2.65. The van der Waals surface area contributed by atoms with Crippen LogP contribution in [0.15, 0.2) is 51.8 Å². The van der Waals surface area contributed by atoms with Crippen LogP contribution in [-0.2, 0) is 16.4 Å². The number of hydrogen-bond donors (Lipinski definition) is 3. The molecule has 2 aromatic carbocycles. The van der Waals surface area contributed by atoms with E-state index in [1.807, 2.05) is 0 Å². The van der Waals surface area contributed by atoms with Gasteiger partial charge in [-0.1, -0.05) is 12.1 Å². The van der Waals surface area contributed by atoms with Crippen molar-refractivity contribution in [2.45, 2.75) is 18.2 Å². The SMILES string of the molecule is Cc1c(C(=O)O)oc2ccc(S(=O)(=O)NCCc3ccc(O)cc3)cc12. The molecule has 3 N–H and O–H groups in total. The van der Waals surface area contributed by atoms with Crippen molar-refractivity contribution in [3.63, 3.8) is 0 Å². The molecule has 3 aromatic rings. The Morgan fingerprint density at radius 3 is 2.50 bits per heavy atom. The molecule has 0 bridgehead atoms. The van der Waals surface area contributed by atoms with Crippen molar-refractivity contribution in [2.24, 2.45) is 0 Å². The highest BCUT2D eigenvalue weighted by Crippen LogP contribution is 2.27. The van der Waals surface area contributed by atoms with Crippen molar-refractivity contribution in [2.75, 3.05) is 6.54 Å². The number of nitrogens with one attached hydrogen (secondary N) is 1. The van der Waals surface area contributed by atoms with Gasteiger partial charge in [-0.3, -0.25) is 0 Å². The number of benzene rings is 2. The first-order valence-corrected chi connectivity index (χ1v) is 9.30. The first-order chi connectivity index (χ1) is 12.3. The zero-order chi connectivity index (χ0) is 18.9. The van der Waals surface area contributed by atoms with Gasteiger partial charge in [-0.25, -0.2) is 17.9 Å². The van der Waals surface area contributed by atoms with E-state index in [-0.39, 0.29) is 22.9 Å². The lowest BCUT2D eigenvalue weighted by atomic mass is 10.1. The lowest BCUT2D eigenvalue weighted by Gasteiger charge is -2.07. The van der Waals surface area contributed by atoms with Gasteiger partial charge in [0.1, 0.15) is 11.3 Å². The minimum Gasteiger partial charge on any atom is -0.508 e. The number of rotatable bonds is 6. The van der Waals surface area contributed by atoms with Gasteiger partial charge < -0.3 is 14.6 Å². The molecule has 3 rings (SSSR count). The molecule has 0 saturated heterocycles. The minimum absolute atomic E-state index is 0.0385. The highest BCUT2D eigenvalue weighted by molar-refractivity contribution is 7.89. The highest BCUT2D eigenvalue weighted by Gasteiger charge is 2.20. The lowest BCUT2D eigenvalue weighted by molar-refractivity contribution is 0.0664. The average Bonchev–Trinajstić information content (AvgIpc) is 2.93. The maximum Gasteiger partial charge on any atom is 0.372 e. The normalized spacial score (nSPS) is 11.7. The van der Waals surface area contributed by atoms with E-state index >= 15 is 0 Å². The second-order valence-corrected chi connectivity index (χ2v) is 7.60. The van der Waals surface area contributed by atoms with Crippen LogP contribution in [0, 0.1) is 6.92 Å². The monoisotopic (exact) mass is 375 g/mol. The number of carbonyl (C=O) groups is 1. The Balaban J connectivity index is 1.79. The van der Waals surface area contributed by atoms with E-state index in [0.717, 1.165) is 5.56 Å². The summed E-state index contributed by atoms with van der Waals surface area (Å²) in [7, 11) is -3.75. The van der Waals surface area contributed by atoms with E-state index in [9.17, 15) is 18.3 Å². The Labute approximate surface area is 149 Å². The Hall–Kier alpha value is -2.84. The van der Waals surface area contributed by atoms with Gasteiger partial charge in [0, 0.05) is 17.5 Å². The van der Waals surface area contributed by atoms with Crippen LogP contribution in [0.25, 0.3) is 11.0 Å². The van der Waals surface area contributed by atoms with Crippen molar-refractivity contribution in [1.82, 2.24) is 4.72 Å². The number of aryl methyl sites for hydroxylation is 1. The summed E-state index contributed by atoms with van der Waals surface area (Å²) in [5.41, 5.74) is 1.59. The number of hydrogen-bond acceptors (Lipinski definition) is 5. The lowest BCUT2D eigenvalue weighted by Crippen LogP contribution is -2.25. The highest BCUT2D eigenvalue weighted by atomic mass is 32.2. The van der Waals surface area contributed by atoms with Crippen LogP contribution in [0.4, 0.5) is 0 Å². The maximum atomic E-state index is 12.5. The Kier molecular flexibility index (Phi) is 4.71. The van der Waals surface area contributed by atoms with Crippen LogP contribution in [0.5, 0.6) is 5.75 Å². The van der Waals surface area contributed by atoms with Crippen LogP contribution in [0.2, 0.25) is 0 Å². The predicted octanol–water partition coefficient (Wildman–Crippen LogP) is 2.67. The van der Waals surface area contributed by atoms with Crippen LogP contribution in [0.1, 0.15) is 21.7 Å². The summed E-state index contributed by atoms with van der Waals surface area (Å²) < 4.78 is 32.7. The molecule has 8 heteroatoms. The smallest absolute Gasteiger partial charge is 0.372 e. The second kappa shape index (κ2) is 6.81. The Morgan fingerprint density at radius 2 is 1.85 bits per heavy atom. The molecule has 1 heterocycles. The number of aromatic hydroxyl groups is 1. The van der Waals surface area contributed by atoms with Crippen molar-refractivity contribution in [3.05, 3.63) is 59.4 Å². The van der Waals surface area contributed by atoms with Crippen LogP contribution >= 0.6 is 0 Å². The maximum absolute atomic E-state index is 12.5. The zero-order valence-electron chi connectivity index (χ0n) is 13.9. The molecule has 0 saturated carbocycles. The number of sulfonamides is 1. The van der Waals surface area contributed by atoms with Crippen LogP contribution < -0.4 is 4.72 Å². The van der Waals surface area contributed by atoms with Crippen molar-refractivity contribution >= 4 is 27.0 Å². The van der Waals surface area contributed by atoms with E-state index in [0.29, 0.717) is 23.0 Å². The summed E-state index contributed by atoms with van der Waals surface area (Å²) in [6.07, 6.45) is 0.468. The van der Waals surface area contributed by atoms with E-state index < -0.39 is 16.0 Å². The van der Waals surface area contributed by atoms with Crippen molar-refractivity contribution in [1.29, 1.82) is 0 Å². The molecule has 0 unspecified atom stereocenters. The molecule has 0 aliphatic heterocycles. The number of fused-ring (bicyclic) bond motifs is 1. The van der Waals surface area contributed by atoms with Crippen molar-refractivity contribution < 1.29 is 27.8 Å². The number of aromatic carboxylic acids is 1. The third-order valence-electron chi connectivity index (χ3n) is 4.05. The van der Waals surface area contributed by atoms with E-state index in [2.05, 4.69) is 4.72 Å². The zero-order valence-corrected chi connectivity index (χ0v) is 14.7. The second-order valence-electron chi connectivity index (χ2n) is 5.83. The summed E-state index contributed by atoms with van der Waals surface area (Å²) in [6, 6.07) is 10.8. The average molecular weight is 375 g/mol. The van der Waals surface area contributed by atoms with Crippen LogP contribution in [-0.4, -0.2) is 31.1 Å². The van der Waals surface area contributed by atoms with E-state index in [4.69, 9.17) is 9.52 Å².